The molecule has 120 valence electrons. The number of nitrogens with two attached hydrogens (primary N) is 1. The van der Waals surface area contributed by atoms with Crippen molar-refractivity contribution in [2.75, 3.05) is 32.4 Å². The summed E-state index contributed by atoms with van der Waals surface area (Å²) in [4.78, 5) is 17.1. The molecular formula is C18H27N3O. The molecule has 2 unspecified atom stereocenters. The standard InChI is InChI=1S/C18H27N3O/c1-20-11-4-6-15-13-21(12-10-17(15)20)18(22)9-8-14-5-2-3-7-16(14)19/h2-3,5,7,15,17H,4,6,8-13,19H2,1H3. The van der Waals surface area contributed by atoms with Crippen LogP contribution in [-0.4, -0.2) is 48.4 Å². The van der Waals surface area contributed by atoms with E-state index >= 15 is 0 Å². The number of para-hydroxylation sites is 1. The molecule has 3 rings (SSSR count). The van der Waals surface area contributed by atoms with E-state index in [0.29, 0.717) is 18.4 Å². The van der Waals surface area contributed by atoms with Crippen molar-refractivity contribution in [3.05, 3.63) is 29.8 Å². The highest BCUT2D eigenvalue weighted by Gasteiger charge is 2.35. The van der Waals surface area contributed by atoms with E-state index in [1.807, 2.05) is 24.3 Å². The van der Waals surface area contributed by atoms with Crippen LogP contribution in [0.4, 0.5) is 5.69 Å². The third-order valence-electron chi connectivity index (χ3n) is 5.36. The van der Waals surface area contributed by atoms with Crippen molar-refractivity contribution in [3.8, 4) is 0 Å². The van der Waals surface area contributed by atoms with Crippen molar-refractivity contribution in [1.82, 2.24) is 9.80 Å². The average Bonchev–Trinajstić information content (AvgIpc) is 2.54. The maximum atomic E-state index is 12.5. The van der Waals surface area contributed by atoms with Gasteiger partial charge in [0.25, 0.3) is 0 Å². The van der Waals surface area contributed by atoms with Crippen LogP contribution < -0.4 is 5.73 Å². The number of carbonyl (C=O) groups excluding carboxylic acids is 1. The molecule has 2 aliphatic heterocycles. The van der Waals surface area contributed by atoms with E-state index in [-0.39, 0.29) is 5.91 Å². The number of aryl methyl sites for hydroxylation is 1. The van der Waals surface area contributed by atoms with Crippen molar-refractivity contribution < 1.29 is 4.79 Å². The quantitative estimate of drug-likeness (QED) is 0.870. The topological polar surface area (TPSA) is 49.6 Å². The second kappa shape index (κ2) is 6.69. The Balaban J connectivity index is 1.54. The monoisotopic (exact) mass is 301 g/mol. The zero-order valence-electron chi connectivity index (χ0n) is 13.5. The molecular weight excluding hydrogens is 274 g/mol. The number of hydrogen-bond acceptors (Lipinski definition) is 3. The predicted octanol–water partition coefficient (Wildman–Crippen LogP) is 2.14. The lowest BCUT2D eigenvalue weighted by Gasteiger charge is -2.46. The minimum Gasteiger partial charge on any atom is -0.399 e. The van der Waals surface area contributed by atoms with Gasteiger partial charge in [0.2, 0.25) is 5.91 Å². The lowest BCUT2D eigenvalue weighted by molar-refractivity contribution is -0.134. The summed E-state index contributed by atoms with van der Waals surface area (Å²) in [6.45, 7) is 3.06. The first-order valence-corrected chi connectivity index (χ1v) is 8.46. The van der Waals surface area contributed by atoms with E-state index in [9.17, 15) is 4.79 Å². The Kier molecular flexibility index (Phi) is 4.67. The summed E-state index contributed by atoms with van der Waals surface area (Å²) >= 11 is 0. The smallest absolute Gasteiger partial charge is 0.222 e. The van der Waals surface area contributed by atoms with Gasteiger partial charge < -0.3 is 15.5 Å². The fourth-order valence-electron chi connectivity index (χ4n) is 4.04. The number of piperidine rings is 2. The first kappa shape index (κ1) is 15.3. The number of carbonyl (C=O) groups is 1. The van der Waals surface area contributed by atoms with Gasteiger partial charge in [-0.15, -0.1) is 0 Å². The number of hydrogen-bond donors (Lipinski definition) is 1. The fourth-order valence-corrected chi connectivity index (χ4v) is 4.04. The van der Waals surface area contributed by atoms with Crippen LogP contribution in [0.25, 0.3) is 0 Å². The summed E-state index contributed by atoms with van der Waals surface area (Å²) in [6, 6.07) is 8.53. The molecule has 0 aromatic heterocycles. The molecule has 1 aromatic carbocycles. The number of anilines is 1. The molecule has 22 heavy (non-hydrogen) atoms. The number of benzene rings is 1. The second-order valence-electron chi connectivity index (χ2n) is 6.78. The van der Waals surface area contributed by atoms with Gasteiger partial charge in [0.15, 0.2) is 0 Å². The third-order valence-corrected chi connectivity index (χ3v) is 5.36. The Morgan fingerprint density at radius 2 is 2.09 bits per heavy atom. The van der Waals surface area contributed by atoms with Gasteiger partial charge in [0.05, 0.1) is 0 Å². The van der Waals surface area contributed by atoms with Gasteiger partial charge in [-0.05, 0) is 56.8 Å². The first-order chi connectivity index (χ1) is 10.6. The molecule has 2 saturated heterocycles. The first-order valence-electron chi connectivity index (χ1n) is 8.46. The number of likely N-dealkylation sites (tertiary alicyclic amines) is 2. The van der Waals surface area contributed by atoms with E-state index < -0.39 is 0 Å². The molecule has 0 saturated carbocycles. The van der Waals surface area contributed by atoms with Crippen LogP contribution in [0, 0.1) is 5.92 Å². The summed E-state index contributed by atoms with van der Waals surface area (Å²) < 4.78 is 0. The summed E-state index contributed by atoms with van der Waals surface area (Å²) in [7, 11) is 2.23. The maximum Gasteiger partial charge on any atom is 0.222 e. The Morgan fingerprint density at radius 1 is 1.27 bits per heavy atom. The van der Waals surface area contributed by atoms with Crippen LogP contribution in [0.1, 0.15) is 31.2 Å². The Bertz CT molecular complexity index is 531. The predicted molar refractivity (Wildman–Crippen MR) is 89.5 cm³/mol. The Labute approximate surface area is 133 Å². The molecule has 2 fully saturated rings. The van der Waals surface area contributed by atoms with Gasteiger partial charge >= 0.3 is 0 Å². The van der Waals surface area contributed by atoms with Crippen molar-refractivity contribution in [1.29, 1.82) is 0 Å². The number of fused-ring (bicyclic) bond motifs is 1. The largest absolute Gasteiger partial charge is 0.399 e. The van der Waals surface area contributed by atoms with E-state index in [2.05, 4.69) is 16.8 Å². The number of nitrogens with zero attached hydrogens (tertiary/aromatic N) is 2. The van der Waals surface area contributed by atoms with E-state index in [1.54, 1.807) is 0 Å². The normalized spacial score (nSPS) is 25.8. The van der Waals surface area contributed by atoms with Gasteiger partial charge in [-0.2, -0.15) is 0 Å². The molecule has 0 spiro atoms. The molecule has 0 bridgehead atoms. The van der Waals surface area contributed by atoms with Crippen molar-refractivity contribution in [3.63, 3.8) is 0 Å². The van der Waals surface area contributed by atoms with Gasteiger partial charge in [0, 0.05) is 31.2 Å². The van der Waals surface area contributed by atoms with Crippen LogP contribution in [0.3, 0.4) is 0 Å². The number of amides is 1. The molecule has 2 N–H and O–H groups in total. The summed E-state index contributed by atoms with van der Waals surface area (Å²) in [5.41, 5.74) is 7.84. The minimum atomic E-state index is 0.287. The van der Waals surface area contributed by atoms with Crippen LogP contribution >= 0.6 is 0 Å². The molecule has 1 aromatic rings. The van der Waals surface area contributed by atoms with Gasteiger partial charge in [0.1, 0.15) is 0 Å². The van der Waals surface area contributed by atoms with Crippen molar-refractivity contribution in [2.24, 2.45) is 5.92 Å². The zero-order chi connectivity index (χ0) is 15.5. The second-order valence-corrected chi connectivity index (χ2v) is 6.78. The van der Waals surface area contributed by atoms with Crippen molar-refractivity contribution >= 4 is 11.6 Å². The summed E-state index contributed by atoms with van der Waals surface area (Å²) in [6.07, 6.45) is 4.97. The Hall–Kier alpha value is -1.55. The van der Waals surface area contributed by atoms with Gasteiger partial charge in [-0.25, -0.2) is 0 Å². The lowest BCUT2D eigenvalue weighted by Crippen LogP contribution is -2.53. The molecule has 0 aliphatic carbocycles. The highest BCUT2D eigenvalue weighted by Crippen LogP contribution is 2.29. The van der Waals surface area contributed by atoms with E-state index in [0.717, 1.165) is 37.2 Å². The molecule has 2 aliphatic rings. The maximum absolute atomic E-state index is 12.5. The number of nitrogen functional groups attached to an aromatic ring is 1. The highest BCUT2D eigenvalue weighted by molar-refractivity contribution is 5.76. The summed E-state index contributed by atoms with van der Waals surface area (Å²) in [5, 5.41) is 0. The lowest BCUT2D eigenvalue weighted by atomic mass is 9.84. The minimum absolute atomic E-state index is 0.287. The van der Waals surface area contributed by atoms with E-state index in [4.69, 9.17) is 5.73 Å². The van der Waals surface area contributed by atoms with Crippen LogP contribution in [0.5, 0.6) is 0 Å². The van der Waals surface area contributed by atoms with E-state index in [1.165, 1.54) is 19.4 Å². The Morgan fingerprint density at radius 3 is 2.91 bits per heavy atom. The molecule has 2 heterocycles. The summed E-state index contributed by atoms with van der Waals surface area (Å²) in [5.74, 6) is 0.952. The molecule has 0 radical (unpaired) electrons. The van der Waals surface area contributed by atoms with Crippen molar-refractivity contribution in [2.45, 2.75) is 38.1 Å². The highest BCUT2D eigenvalue weighted by atomic mass is 16.2. The SMILES string of the molecule is CN1CCCC2CN(C(=O)CCc3ccccc3N)CCC21. The van der Waals surface area contributed by atoms with Crippen LogP contribution in [0.2, 0.25) is 0 Å². The molecule has 2 atom stereocenters. The number of rotatable bonds is 3. The van der Waals surface area contributed by atoms with Gasteiger partial charge in [-0.3, -0.25) is 4.79 Å². The third kappa shape index (κ3) is 3.27. The van der Waals surface area contributed by atoms with Crippen LogP contribution in [0.15, 0.2) is 24.3 Å². The zero-order valence-corrected chi connectivity index (χ0v) is 13.5. The van der Waals surface area contributed by atoms with Gasteiger partial charge in [-0.1, -0.05) is 18.2 Å². The molecule has 4 nitrogen and oxygen atoms in total. The molecule has 4 heteroatoms. The van der Waals surface area contributed by atoms with Crippen LogP contribution in [-0.2, 0) is 11.2 Å². The average molecular weight is 301 g/mol. The molecule has 1 amide bonds. The fraction of sp³-hybridized carbons (Fsp3) is 0.611.